The molecule has 0 unspecified atom stereocenters. The molecule has 0 saturated carbocycles. The van der Waals surface area contributed by atoms with Crippen molar-refractivity contribution in [2.75, 3.05) is 11.3 Å². The highest BCUT2D eigenvalue weighted by Gasteiger charge is 2.15. The van der Waals surface area contributed by atoms with E-state index in [2.05, 4.69) is 20.3 Å². The number of hydrogen-bond acceptors (Lipinski definition) is 5. The van der Waals surface area contributed by atoms with E-state index in [9.17, 15) is 18.0 Å². The summed E-state index contributed by atoms with van der Waals surface area (Å²) in [6.07, 6.45) is 3.41. The van der Waals surface area contributed by atoms with Crippen molar-refractivity contribution in [1.29, 1.82) is 0 Å². The lowest BCUT2D eigenvalue weighted by Gasteiger charge is -2.09. The summed E-state index contributed by atoms with van der Waals surface area (Å²) < 4.78 is 27.4. The molecule has 0 saturated heterocycles. The van der Waals surface area contributed by atoms with Crippen LogP contribution in [0, 0.1) is 0 Å². The Hall–Kier alpha value is -3.43. The fraction of sp³-hybridized carbons (Fsp3) is 0.136. The molecular weight excluding hydrogens is 452 g/mol. The smallest absolute Gasteiger partial charge is 0.261 e. The van der Waals surface area contributed by atoms with E-state index in [0.29, 0.717) is 17.3 Å². The summed E-state index contributed by atoms with van der Waals surface area (Å²) in [5.41, 5.74) is 1.59. The van der Waals surface area contributed by atoms with Crippen molar-refractivity contribution < 1.29 is 18.0 Å². The second-order valence-electron chi connectivity index (χ2n) is 6.77. The van der Waals surface area contributed by atoms with Gasteiger partial charge in [0.2, 0.25) is 5.91 Å². The molecule has 0 fully saturated rings. The first-order valence-corrected chi connectivity index (χ1v) is 11.5. The maximum atomic E-state index is 12.5. The van der Waals surface area contributed by atoms with Crippen LogP contribution >= 0.6 is 11.6 Å². The molecule has 8 nitrogen and oxygen atoms in total. The monoisotopic (exact) mass is 472 g/mol. The number of amides is 2. The third-order valence-corrected chi connectivity index (χ3v) is 6.05. The van der Waals surface area contributed by atoms with Gasteiger partial charge in [0.1, 0.15) is 0 Å². The molecule has 2 aromatic carbocycles. The van der Waals surface area contributed by atoms with Gasteiger partial charge >= 0.3 is 0 Å². The number of sulfonamides is 1. The van der Waals surface area contributed by atoms with E-state index in [1.165, 1.54) is 24.3 Å². The van der Waals surface area contributed by atoms with Gasteiger partial charge in [-0.2, -0.15) is 0 Å². The molecule has 0 aliphatic heterocycles. The number of carbonyl (C=O) groups excluding carboxylic acids is 2. The standard InChI is InChI=1S/C22H21ClN4O4S/c23-18-3-5-19(6-4-18)27-32(30,31)20-7-1-17(2-8-20)22(29)25-14-11-21(28)26-15-16-9-12-24-13-10-16/h1-10,12-13,27H,11,14-15H2,(H,25,29)(H,26,28). The number of rotatable bonds is 9. The molecule has 3 N–H and O–H groups in total. The van der Waals surface area contributed by atoms with Crippen LogP contribution in [0.4, 0.5) is 5.69 Å². The Bertz CT molecular complexity index is 1170. The van der Waals surface area contributed by atoms with Crippen molar-refractivity contribution in [2.24, 2.45) is 0 Å². The second-order valence-corrected chi connectivity index (χ2v) is 8.89. The number of aromatic nitrogens is 1. The molecule has 0 aliphatic rings. The predicted octanol–water partition coefficient (Wildman–Crippen LogP) is 2.97. The first kappa shape index (κ1) is 23.2. The van der Waals surface area contributed by atoms with Gasteiger partial charge in [0, 0.05) is 48.2 Å². The highest BCUT2D eigenvalue weighted by atomic mass is 35.5. The van der Waals surface area contributed by atoms with Gasteiger partial charge < -0.3 is 10.6 Å². The zero-order valence-electron chi connectivity index (χ0n) is 16.9. The summed E-state index contributed by atoms with van der Waals surface area (Å²) in [4.78, 5) is 28.1. The molecule has 32 heavy (non-hydrogen) atoms. The molecule has 2 amide bonds. The lowest BCUT2D eigenvalue weighted by molar-refractivity contribution is -0.121. The first-order valence-electron chi connectivity index (χ1n) is 9.66. The maximum Gasteiger partial charge on any atom is 0.261 e. The van der Waals surface area contributed by atoms with Crippen LogP contribution in [0.3, 0.4) is 0 Å². The molecule has 0 aliphatic carbocycles. The third kappa shape index (κ3) is 6.79. The fourth-order valence-corrected chi connectivity index (χ4v) is 3.88. The molecule has 3 rings (SSSR count). The largest absolute Gasteiger partial charge is 0.352 e. The van der Waals surface area contributed by atoms with Gasteiger partial charge in [-0.05, 0) is 66.2 Å². The van der Waals surface area contributed by atoms with Gasteiger partial charge in [-0.25, -0.2) is 8.42 Å². The molecule has 1 aromatic heterocycles. The SMILES string of the molecule is O=C(CCNC(=O)c1ccc(S(=O)(=O)Nc2ccc(Cl)cc2)cc1)NCc1ccncc1. The van der Waals surface area contributed by atoms with Gasteiger partial charge in [-0.15, -0.1) is 0 Å². The van der Waals surface area contributed by atoms with Crippen molar-refractivity contribution in [3.63, 3.8) is 0 Å². The van der Waals surface area contributed by atoms with Crippen molar-refractivity contribution in [1.82, 2.24) is 15.6 Å². The van der Waals surface area contributed by atoms with Gasteiger partial charge in [-0.1, -0.05) is 11.6 Å². The number of nitrogens with one attached hydrogen (secondary N) is 3. The number of nitrogens with zero attached hydrogens (tertiary/aromatic N) is 1. The minimum absolute atomic E-state index is 0.0134. The van der Waals surface area contributed by atoms with Crippen LogP contribution in [0.15, 0.2) is 78.0 Å². The molecule has 0 spiro atoms. The van der Waals surface area contributed by atoms with Gasteiger partial charge in [0.25, 0.3) is 15.9 Å². The zero-order chi connectivity index (χ0) is 23.0. The van der Waals surface area contributed by atoms with E-state index < -0.39 is 15.9 Å². The van der Waals surface area contributed by atoms with Crippen LogP contribution in [-0.2, 0) is 21.4 Å². The lowest BCUT2D eigenvalue weighted by atomic mass is 10.2. The van der Waals surface area contributed by atoms with Gasteiger partial charge in [-0.3, -0.25) is 19.3 Å². The Kier molecular flexibility index (Phi) is 7.80. The molecule has 10 heteroatoms. The highest BCUT2D eigenvalue weighted by Crippen LogP contribution is 2.18. The Labute approximate surface area is 191 Å². The van der Waals surface area contributed by atoms with Crippen molar-refractivity contribution in [3.05, 3.63) is 89.2 Å². The minimum atomic E-state index is -3.81. The summed E-state index contributed by atoms with van der Waals surface area (Å²) in [5, 5.41) is 5.90. The number of anilines is 1. The van der Waals surface area contributed by atoms with Crippen LogP contribution < -0.4 is 15.4 Å². The predicted molar refractivity (Wildman–Crippen MR) is 122 cm³/mol. The molecule has 1 heterocycles. The number of carbonyl (C=O) groups is 2. The molecule has 3 aromatic rings. The van der Waals surface area contributed by atoms with E-state index in [4.69, 9.17) is 11.6 Å². The zero-order valence-corrected chi connectivity index (χ0v) is 18.5. The van der Waals surface area contributed by atoms with Crippen LogP contribution in [0.2, 0.25) is 5.02 Å². The topological polar surface area (TPSA) is 117 Å². The van der Waals surface area contributed by atoms with E-state index >= 15 is 0 Å². The van der Waals surface area contributed by atoms with E-state index in [0.717, 1.165) is 5.56 Å². The summed E-state index contributed by atoms with van der Waals surface area (Å²) in [7, 11) is -3.81. The fourth-order valence-electron chi connectivity index (χ4n) is 2.70. The highest BCUT2D eigenvalue weighted by molar-refractivity contribution is 7.92. The summed E-state index contributed by atoms with van der Waals surface area (Å²) in [6.45, 7) is 0.536. The normalized spacial score (nSPS) is 10.9. The Morgan fingerprint density at radius 1 is 0.875 bits per heavy atom. The van der Waals surface area contributed by atoms with E-state index in [-0.39, 0.29) is 29.3 Å². The molecule has 166 valence electrons. The summed E-state index contributed by atoms with van der Waals surface area (Å²) >= 11 is 5.80. The molecule has 0 radical (unpaired) electrons. The minimum Gasteiger partial charge on any atom is -0.352 e. The van der Waals surface area contributed by atoms with Crippen molar-refractivity contribution in [2.45, 2.75) is 17.9 Å². The van der Waals surface area contributed by atoms with Gasteiger partial charge in [0.05, 0.1) is 4.90 Å². The van der Waals surface area contributed by atoms with E-state index in [1.54, 1.807) is 48.8 Å². The summed E-state index contributed by atoms with van der Waals surface area (Å²) in [5.74, 6) is -0.599. The van der Waals surface area contributed by atoms with Crippen LogP contribution in [-0.4, -0.2) is 31.8 Å². The van der Waals surface area contributed by atoms with Crippen molar-refractivity contribution >= 4 is 39.1 Å². The molecule has 0 bridgehead atoms. The van der Waals surface area contributed by atoms with Crippen LogP contribution in [0.25, 0.3) is 0 Å². The first-order chi connectivity index (χ1) is 15.3. The lowest BCUT2D eigenvalue weighted by Crippen LogP contribution is -2.30. The van der Waals surface area contributed by atoms with Crippen molar-refractivity contribution in [3.8, 4) is 0 Å². The Balaban J connectivity index is 1.48. The Morgan fingerprint density at radius 2 is 1.53 bits per heavy atom. The maximum absolute atomic E-state index is 12.5. The molecular formula is C22H21ClN4O4S. The molecule has 0 atom stereocenters. The summed E-state index contributed by atoms with van der Waals surface area (Å²) in [6, 6.07) is 15.4. The van der Waals surface area contributed by atoms with Crippen LogP contribution in [0.5, 0.6) is 0 Å². The number of halogens is 1. The average molecular weight is 473 g/mol. The number of benzene rings is 2. The van der Waals surface area contributed by atoms with E-state index in [1.807, 2.05) is 0 Å². The number of pyridine rings is 1. The van der Waals surface area contributed by atoms with Crippen LogP contribution in [0.1, 0.15) is 22.3 Å². The van der Waals surface area contributed by atoms with Gasteiger partial charge in [0.15, 0.2) is 0 Å². The Morgan fingerprint density at radius 3 is 2.19 bits per heavy atom. The average Bonchev–Trinajstić information content (AvgIpc) is 2.80. The quantitative estimate of drug-likeness (QED) is 0.442. The third-order valence-electron chi connectivity index (χ3n) is 4.40. The number of hydrogen-bond donors (Lipinski definition) is 3. The second kappa shape index (κ2) is 10.7.